The summed E-state index contributed by atoms with van der Waals surface area (Å²) in [6, 6.07) is 4.65. The smallest absolute Gasteiger partial charge is 0.312 e. The standard InChI is InChI=1S/C19H26N2O5.CH2O2/c1-20(2)12-14-11-19(18(24)26-14)6-8-21(9-7-19)17(23)15-5-4-13(25-3)10-16(15)22;2-1-3/h4-5,10,14,22H,6-9,11-12H2,1-3H3;1H,(H,2,3). The van der Waals surface area contributed by atoms with Crippen molar-refractivity contribution in [1.29, 1.82) is 0 Å². The molecule has 0 saturated carbocycles. The summed E-state index contributed by atoms with van der Waals surface area (Å²) < 4.78 is 10.6. The molecule has 2 aliphatic heterocycles. The number of carbonyl (C=O) groups excluding carboxylic acids is 2. The molecule has 29 heavy (non-hydrogen) atoms. The highest BCUT2D eigenvalue weighted by atomic mass is 16.6. The number of methoxy groups -OCH3 is 1. The first kappa shape index (κ1) is 22.5. The van der Waals surface area contributed by atoms with E-state index < -0.39 is 5.41 Å². The van der Waals surface area contributed by atoms with E-state index >= 15 is 0 Å². The minimum absolute atomic E-state index is 0.0783. The Balaban J connectivity index is 0.000000941. The summed E-state index contributed by atoms with van der Waals surface area (Å²) in [6.45, 7) is 1.43. The fraction of sp³-hybridized carbons (Fsp3) is 0.550. The van der Waals surface area contributed by atoms with E-state index in [9.17, 15) is 14.7 Å². The number of likely N-dealkylation sites (tertiary alicyclic amines) is 1. The molecule has 0 bridgehead atoms. The van der Waals surface area contributed by atoms with E-state index in [0.29, 0.717) is 38.1 Å². The van der Waals surface area contributed by atoms with Crippen LogP contribution >= 0.6 is 0 Å². The summed E-state index contributed by atoms with van der Waals surface area (Å²) in [6.07, 6.45) is 1.82. The molecule has 2 heterocycles. The number of rotatable bonds is 4. The van der Waals surface area contributed by atoms with Gasteiger partial charge >= 0.3 is 5.97 Å². The Hall–Kier alpha value is -2.81. The topological polar surface area (TPSA) is 117 Å². The highest BCUT2D eigenvalue weighted by Gasteiger charge is 2.50. The number of amides is 1. The third-order valence-corrected chi connectivity index (χ3v) is 5.34. The molecule has 0 aliphatic carbocycles. The van der Waals surface area contributed by atoms with Crippen molar-refractivity contribution in [3.8, 4) is 11.5 Å². The fourth-order valence-electron chi connectivity index (χ4n) is 3.88. The number of esters is 1. The Labute approximate surface area is 169 Å². The van der Waals surface area contributed by atoms with Crippen LogP contribution in [0.1, 0.15) is 29.6 Å². The lowest BCUT2D eigenvalue weighted by molar-refractivity contribution is -0.150. The van der Waals surface area contributed by atoms with Crippen molar-refractivity contribution in [3.63, 3.8) is 0 Å². The van der Waals surface area contributed by atoms with E-state index in [0.717, 1.165) is 6.54 Å². The molecule has 9 heteroatoms. The number of hydrogen-bond acceptors (Lipinski definition) is 7. The Morgan fingerprint density at radius 2 is 2.00 bits per heavy atom. The maximum Gasteiger partial charge on any atom is 0.312 e. The number of ether oxygens (including phenoxy) is 2. The summed E-state index contributed by atoms with van der Waals surface area (Å²) in [4.78, 5) is 37.2. The number of hydrogen-bond donors (Lipinski definition) is 2. The molecule has 2 fully saturated rings. The lowest BCUT2D eigenvalue weighted by Crippen LogP contribution is -2.45. The predicted octanol–water partition coefficient (Wildman–Crippen LogP) is 1.20. The van der Waals surface area contributed by atoms with Crippen LogP contribution in [-0.2, 0) is 14.3 Å². The van der Waals surface area contributed by atoms with Crippen LogP contribution < -0.4 is 4.74 Å². The van der Waals surface area contributed by atoms with Crippen LogP contribution in [0.4, 0.5) is 0 Å². The number of carboxylic acid groups (broad SMARTS) is 1. The first-order valence-electron chi connectivity index (χ1n) is 9.36. The summed E-state index contributed by atoms with van der Waals surface area (Å²) in [5, 5.41) is 17.0. The highest BCUT2D eigenvalue weighted by Crippen LogP contribution is 2.43. The van der Waals surface area contributed by atoms with Gasteiger partial charge in [-0.25, -0.2) is 0 Å². The fourth-order valence-corrected chi connectivity index (χ4v) is 3.88. The van der Waals surface area contributed by atoms with Crippen LogP contribution in [0.5, 0.6) is 11.5 Å². The molecule has 2 aliphatic rings. The molecule has 0 radical (unpaired) electrons. The lowest BCUT2D eigenvalue weighted by Gasteiger charge is -2.36. The number of phenolic OH excluding ortho intramolecular Hbond substituents is 1. The molecule has 1 spiro atoms. The molecular formula is C20H28N2O7. The zero-order valence-electron chi connectivity index (χ0n) is 17.0. The molecule has 1 aromatic carbocycles. The van der Waals surface area contributed by atoms with E-state index in [4.69, 9.17) is 19.4 Å². The third kappa shape index (κ3) is 5.17. The SMILES string of the molecule is COc1ccc(C(=O)N2CCC3(CC2)CC(CN(C)C)OC3=O)c(O)c1.O=CO. The van der Waals surface area contributed by atoms with Crippen LogP contribution in [0.25, 0.3) is 0 Å². The molecule has 1 atom stereocenters. The maximum absolute atomic E-state index is 12.7. The number of aromatic hydroxyl groups is 1. The minimum atomic E-state index is -0.473. The second-order valence-electron chi connectivity index (χ2n) is 7.55. The zero-order valence-corrected chi connectivity index (χ0v) is 17.0. The minimum Gasteiger partial charge on any atom is -0.507 e. The van der Waals surface area contributed by atoms with Crippen LogP contribution in [0.15, 0.2) is 18.2 Å². The van der Waals surface area contributed by atoms with Gasteiger partial charge in [0.1, 0.15) is 17.6 Å². The molecular weight excluding hydrogens is 380 g/mol. The monoisotopic (exact) mass is 408 g/mol. The van der Waals surface area contributed by atoms with E-state index in [1.54, 1.807) is 17.0 Å². The van der Waals surface area contributed by atoms with Crippen molar-refractivity contribution < 1.29 is 34.1 Å². The first-order chi connectivity index (χ1) is 13.8. The van der Waals surface area contributed by atoms with Crippen LogP contribution in [-0.4, -0.2) is 85.3 Å². The molecule has 0 aromatic heterocycles. The molecule has 3 rings (SSSR count). The third-order valence-electron chi connectivity index (χ3n) is 5.34. The van der Waals surface area contributed by atoms with Crippen LogP contribution in [0.2, 0.25) is 0 Å². The quantitative estimate of drug-likeness (QED) is 0.564. The van der Waals surface area contributed by atoms with Gasteiger partial charge in [-0.1, -0.05) is 0 Å². The summed E-state index contributed by atoms with van der Waals surface area (Å²) >= 11 is 0. The van der Waals surface area contributed by atoms with Gasteiger partial charge in [0, 0.05) is 32.1 Å². The van der Waals surface area contributed by atoms with Gasteiger partial charge in [0.05, 0.1) is 18.1 Å². The number of carbonyl (C=O) groups is 3. The van der Waals surface area contributed by atoms with E-state index in [1.807, 2.05) is 19.0 Å². The normalized spacial score (nSPS) is 20.1. The van der Waals surface area contributed by atoms with Gasteiger partial charge in [0.25, 0.3) is 12.4 Å². The number of piperidine rings is 1. The van der Waals surface area contributed by atoms with Crippen molar-refractivity contribution in [2.45, 2.75) is 25.4 Å². The molecule has 1 amide bonds. The zero-order chi connectivity index (χ0) is 21.6. The average molecular weight is 408 g/mol. The number of phenols is 1. The summed E-state index contributed by atoms with van der Waals surface area (Å²) in [7, 11) is 5.42. The Morgan fingerprint density at radius 1 is 1.38 bits per heavy atom. The molecule has 160 valence electrons. The van der Waals surface area contributed by atoms with Gasteiger partial charge in [-0.3, -0.25) is 14.4 Å². The van der Waals surface area contributed by atoms with Crippen molar-refractivity contribution in [3.05, 3.63) is 23.8 Å². The van der Waals surface area contributed by atoms with E-state index in [1.165, 1.54) is 13.2 Å². The summed E-state index contributed by atoms with van der Waals surface area (Å²) in [5.41, 5.74) is -0.222. The first-order valence-corrected chi connectivity index (χ1v) is 9.36. The lowest BCUT2D eigenvalue weighted by atomic mass is 9.76. The van der Waals surface area contributed by atoms with Gasteiger partial charge in [-0.15, -0.1) is 0 Å². The highest BCUT2D eigenvalue weighted by molar-refractivity contribution is 5.97. The second kappa shape index (κ2) is 9.60. The molecule has 2 saturated heterocycles. The second-order valence-corrected chi connectivity index (χ2v) is 7.55. The van der Waals surface area contributed by atoms with Crippen LogP contribution in [0.3, 0.4) is 0 Å². The van der Waals surface area contributed by atoms with Crippen molar-refractivity contribution >= 4 is 18.3 Å². The maximum atomic E-state index is 12.7. The molecule has 1 unspecified atom stereocenters. The molecule has 9 nitrogen and oxygen atoms in total. The van der Waals surface area contributed by atoms with Crippen molar-refractivity contribution in [2.75, 3.05) is 40.8 Å². The largest absolute Gasteiger partial charge is 0.507 e. The number of likely N-dealkylation sites (N-methyl/N-ethyl adjacent to an activating group) is 1. The Bertz CT molecular complexity index is 742. The average Bonchev–Trinajstić information content (AvgIpc) is 2.96. The Kier molecular flexibility index (Phi) is 7.44. The number of cyclic esters (lactones) is 1. The van der Waals surface area contributed by atoms with Gasteiger partial charge in [0.2, 0.25) is 0 Å². The van der Waals surface area contributed by atoms with E-state index in [2.05, 4.69) is 0 Å². The van der Waals surface area contributed by atoms with Crippen molar-refractivity contribution in [2.24, 2.45) is 5.41 Å². The van der Waals surface area contributed by atoms with Crippen LogP contribution in [0, 0.1) is 5.41 Å². The summed E-state index contributed by atoms with van der Waals surface area (Å²) in [5.74, 6) is 0.0400. The molecule has 1 aromatic rings. The van der Waals surface area contributed by atoms with Gasteiger partial charge in [-0.2, -0.15) is 0 Å². The Morgan fingerprint density at radius 3 is 2.52 bits per heavy atom. The molecule has 2 N–H and O–H groups in total. The van der Waals surface area contributed by atoms with Crippen molar-refractivity contribution in [1.82, 2.24) is 9.80 Å². The number of benzene rings is 1. The van der Waals surface area contributed by atoms with Gasteiger partial charge < -0.3 is 29.5 Å². The predicted molar refractivity (Wildman–Crippen MR) is 104 cm³/mol. The number of nitrogens with zero attached hydrogens (tertiary/aromatic N) is 2. The van der Waals surface area contributed by atoms with Gasteiger partial charge in [-0.05, 0) is 39.1 Å². The van der Waals surface area contributed by atoms with Gasteiger partial charge in [0.15, 0.2) is 0 Å². The van der Waals surface area contributed by atoms with E-state index in [-0.39, 0.29) is 35.8 Å².